The van der Waals surface area contributed by atoms with Gasteiger partial charge in [-0.25, -0.2) is 9.37 Å². The summed E-state index contributed by atoms with van der Waals surface area (Å²) >= 11 is 5.82. The molecule has 1 aromatic carbocycles. The second-order valence-corrected chi connectivity index (χ2v) is 8.08. The van der Waals surface area contributed by atoms with Crippen molar-refractivity contribution in [2.75, 3.05) is 42.5 Å². The fourth-order valence-electron chi connectivity index (χ4n) is 3.82. The summed E-state index contributed by atoms with van der Waals surface area (Å²) in [6, 6.07) is 7.48. The van der Waals surface area contributed by atoms with E-state index in [1.54, 1.807) is 12.3 Å². The molecule has 11 heteroatoms. The summed E-state index contributed by atoms with van der Waals surface area (Å²) in [7, 11) is 0. The van der Waals surface area contributed by atoms with Gasteiger partial charge in [-0.05, 0) is 35.9 Å². The van der Waals surface area contributed by atoms with Crippen LogP contribution >= 0.6 is 24.0 Å². The van der Waals surface area contributed by atoms with E-state index < -0.39 is 23.2 Å². The van der Waals surface area contributed by atoms with Crippen LogP contribution in [0.25, 0.3) is 0 Å². The minimum Gasteiger partial charge on any atom is -0.372 e. The number of anilines is 2. The number of benzene rings is 1. The van der Waals surface area contributed by atoms with Gasteiger partial charge in [0.25, 0.3) is 11.8 Å². The first kappa shape index (κ1) is 24.2. The largest absolute Gasteiger partial charge is 0.372 e. The molecule has 3 N–H and O–H groups in total. The number of carbonyl (C=O) groups is 2. The Bertz CT molecular complexity index is 968. The van der Waals surface area contributed by atoms with Crippen molar-refractivity contribution in [3.63, 3.8) is 0 Å². The highest BCUT2D eigenvalue weighted by Crippen LogP contribution is 2.29. The van der Waals surface area contributed by atoms with Crippen LogP contribution in [0, 0.1) is 5.82 Å². The quantitative estimate of drug-likeness (QED) is 0.557. The van der Waals surface area contributed by atoms with Gasteiger partial charge in [-0.15, -0.1) is 12.4 Å². The van der Waals surface area contributed by atoms with E-state index in [2.05, 4.69) is 20.5 Å². The van der Waals surface area contributed by atoms with E-state index >= 15 is 0 Å². The molecule has 0 saturated carbocycles. The van der Waals surface area contributed by atoms with Crippen molar-refractivity contribution in [3.8, 4) is 0 Å². The number of rotatable bonds is 5. The molecule has 2 aliphatic rings. The number of hydrogen-bond acceptors (Lipinski definition) is 6. The maximum absolute atomic E-state index is 13.5. The smallest absolute Gasteiger partial charge is 0.268 e. The summed E-state index contributed by atoms with van der Waals surface area (Å²) in [5.74, 6) is -1.25. The molecule has 32 heavy (non-hydrogen) atoms. The van der Waals surface area contributed by atoms with Crippen LogP contribution in [0.3, 0.4) is 0 Å². The predicted octanol–water partition coefficient (Wildman–Crippen LogP) is 1.49. The number of nitrogens with one attached hydrogen (secondary N) is 2. The molecule has 2 fully saturated rings. The van der Waals surface area contributed by atoms with E-state index in [4.69, 9.17) is 11.6 Å². The molecule has 172 valence electrons. The highest BCUT2D eigenvalue weighted by molar-refractivity contribution is 6.30. The van der Waals surface area contributed by atoms with Crippen LogP contribution in [0.4, 0.5) is 15.9 Å². The van der Waals surface area contributed by atoms with Crippen LogP contribution in [-0.2, 0) is 16.1 Å². The Morgan fingerprint density at radius 1 is 1.25 bits per heavy atom. The SMILES string of the molecule is Cl.O=C(NCc1cc(F)cc(Cl)c1)[C@@]1(O)CCN(c2ccc(N3CCNCC3)nc2)C1=O. The average molecular weight is 484 g/mol. The highest BCUT2D eigenvalue weighted by atomic mass is 35.5. The Hall–Kier alpha value is -2.46. The van der Waals surface area contributed by atoms with E-state index in [0.29, 0.717) is 11.3 Å². The Morgan fingerprint density at radius 3 is 2.66 bits per heavy atom. The monoisotopic (exact) mass is 483 g/mol. The Balaban J connectivity index is 0.00000289. The normalized spacial score (nSPS) is 20.8. The standard InChI is InChI=1S/C21H23ClFN5O3.ClH/c22-15-9-14(10-16(23)11-15)12-26-19(29)21(31)3-6-28(20(21)30)17-1-2-18(25-13-17)27-7-4-24-5-8-27;/h1-2,9-11,13,24,31H,3-8,12H2,(H,26,29);1H/t21-;/m0./s1. The van der Waals surface area contributed by atoms with Crippen molar-refractivity contribution < 1.29 is 19.1 Å². The fourth-order valence-corrected chi connectivity index (χ4v) is 4.07. The Kier molecular flexibility index (Phi) is 7.55. The minimum absolute atomic E-state index is 0. The number of nitrogens with zero attached hydrogens (tertiary/aromatic N) is 3. The van der Waals surface area contributed by atoms with Gasteiger partial charge in [-0.1, -0.05) is 11.6 Å². The second-order valence-electron chi connectivity index (χ2n) is 7.64. The number of halogens is 3. The number of piperazine rings is 1. The molecule has 1 atom stereocenters. The zero-order valence-electron chi connectivity index (χ0n) is 17.2. The van der Waals surface area contributed by atoms with E-state index in [0.717, 1.165) is 38.1 Å². The molecule has 0 spiro atoms. The third kappa shape index (κ3) is 4.96. The summed E-state index contributed by atoms with van der Waals surface area (Å²) in [5.41, 5.74) is -1.24. The maximum Gasteiger partial charge on any atom is 0.268 e. The molecule has 3 heterocycles. The zero-order valence-corrected chi connectivity index (χ0v) is 18.8. The molecule has 0 unspecified atom stereocenters. The lowest BCUT2D eigenvalue weighted by Gasteiger charge is -2.28. The van der Waals surface area contributed by atoms with Crippen molar-refractivity contribution in [2.24, 2.45) is 0 Å². The molecule has 0 bridgehead atoms. The highest BCUT2D eigenvalue weighted by Gasteiger charge is 2.51. The van der Waals surface area contributed by atoms with E-state index in [9.17, 15) is 19.1 Å². The van der Waals surface area contributed by atoms with Crippen LogP contribution in [0.15, 0.2) is 36.5 Å². The Labute approximate surface area is 196 Å². The second kappa shape index (κ2) is 9.99. The van der Waals surface area contributed by atoms with Gasteiger partial charge in [0.2, 0.25) is 5.60 Å². The molecule has 2 aromatic rings. The van der Waals surface area contributed by atoms with Crippen LogP contribution in [0.1, 0.15) is 12.0 Å². The van der Waals surface area contributed by atoms with Crippen LogP contribution in [-0.4, -0.2) is 60.2 Å². The van der Waals surface area contributed by atoms with Crippen LogP contribution in [0.5, 0.6) is 0 Å². The fraction of sp³-hybridized carbons (Fsp3) is 0.381. The molecule has 2 saturated heterocycles. The summed E-state index contributed by atoms with van der Waals surface area (Å²) < 4.78 is 13.5. The third-order valence-corrected chi connectivity index (χ3v) is 5.75. The van der Waals surface area contributed by atoms with E-state index in [1.165, 1.54) is 17.0 Å². The van der Waals surface area contributed by atoms with Gasteiger partial charge >= 0.3 is 0 Å². The van der Waals surface area contributed by atoms with Gasteiger partial charge < -0.3 is 25.5 Å². The summed E-state index contributed by atoms with van der Waals surface area (Å²) in [5, 5.41) is 16.7. The first-order valence-corrected chi connectivity index (χ1v) is 10.4. The summed E-state index contributed by atoms with van der Waals surface area (Å²) in [6.07, 6.45) is 1.52. The molecular formula is C21H24Cl2FN5O3. The summed E-state index contributed by atoms with van der Waals surface area (Å²) in [4.78, 5) is 33.4. The lowest BCUT2D eigenvalue weighted by Crippen LogP contribution is -2.52. The molecule has 0 radical (unpaired) electrons. The zero-order chi connectivity index (χ0) is 22.0. The lowest BCUT2D eigenvalue weighted by molar-refractivity contribution is -0.149. The van der Waals surface area contributed by atoms with Crippen LogP contribution in [0.2, 0.25) is 5.02 Å². The Morgan fingerprint density at radius 2 is 2.00 bits per heavy atom. The number of aliphatic hydroxyl groups is 1. The van der Waals surface area contributed by atoms with Gasteiger partial charge in [0.15, 0.2) is 0 Å². The molecule has 8 nitrogen and oxygen atoms in total. The molecule has 0 aliphatic carbocycles. The number of aromatic nitrogens is 1. The number of hydrogen-bond donors (Lipinski definition) is 3. The predicted molar refractivity (Wildman–Crippen MR) is 122 cm³/mol. The molecular weight excluding hydrogens is 460 g/mol. The van der Waals surface area contributed by atoms with Crippen molar-refractivity contribution >= 4 is 47.3 Å². The van der Waals surface area contributed by atoms with Crippen molar-refractivity contribution in [2.45, 2.75) is 18.6 Å². The third-order valence-electron chi connectivity index (χ3n) is 5.53. The molecule has 1 aromatic heterocycles. The lowest BCUT2D eigenvalue weighted by atomic mass is 10.0. The van der Waals surface area contributed by atoms with Gasteiger partial charge in [0.1, 0.15) is 11.6 Å². The molecule has 2 aliphatic heterocycles. The summed E-state index contributed by atoms with van der Waals surface area (Å²) in [6.45, 7) is 3.60. The average Bonchev–Trinajstić information content (AvgIpc) is 3.08. The van der Waals surface area contributed by atoms with Crippen molar-refractivity contribution in [3.05, 3.63) is 52.9 Å². The van der Waals surface area contributed by atoms with Crippen molar-refractivity contribution in [1.82, 2.24) is 15.6 Å². The van der Waals surface area contributed by atoms with Gasteiger partial charge in [-0.3, -0.25) is 9.59 Å². The van der Waals surface area contributed by atoms with Gasteiger partial charge in [0.05, 0.1) is 11.9 Å². The van der Waals surface area contributed by atoms with E-state index in [-0.39, 0.29) is 36.9 Å². The van der Waals surface area contributed by atoms with Crippen LogP contribution < -0.4 is 20.4 Å². The van der Waals surface area contributed by atoms with Gasteiger partial charge in [0, 0.05) is 50.7 Å². The molecule has 4 rings (SSSR count). The van der Waals surface area contributed by atoms with E-state index in [1.807, 2.05) is 6.07 Å². The minimum atomic E-state index is -2.19. The first-order chi connectivity index (χ1) is 14.9. The molecule has 2 amide bonds. The number of pyridine rings is 1. The maximum atomic E-state index is 13.5. The number of amides is 2. The van der Waals surface area contributed by atoms with Gasteiger partial charge in [-0.2, -0.15) is 0 Å². The topological polar surface area (TPSA) is 97.8 Å². The number of carbonyl (C=O) groups excluding carboxylic acids is 2. The van der Waals surface area contributed by atoms with Crippen molar-refractivity contribution in [1.29, 1.82) is 0 Å². The first-order valence-electron chi connectivity index (χ1n) is 10.1.